The minimum absolute atomic E-state index is 1.48. The van der Waals surface area contributed by atoms with E-state index >= 15 is 0 Å². The fourth-order valence-corrected chi connectivity index (χ4v) is 29.1. The Morgan fingerprint density at radius 1 is 0.319 bits per heavy atom. The van der Waals surface area contributed by atoms with Gasteiger partial charge in [0.15, 0.2) is 0 Å². The van der Waals surface area contributed by atoms with Gasteiger partial charge >= 0.3 is 0 Å². The van der Waals surface area contributed by atoms with Gasteiger partial charge in [-0.15, -0.1) is 11.1 Å². The third-order valence-electron chi connectivity index (χ3n) is 9.97. The van der Waals surface area contributed by atoms with Gasteiger partial charge in [-0.05, 0) is 36.3 Å². The zero-order valence-electron chi connectivity index (χ0n) is 34.3. The molecule has 3 rings (SSSR count). The van der Waals surface area contributed by atoms with Crippen molar-refractivity contribution in [1.82, 2.24) is 0 Å². The highest BCUT2D eigenvalue weighted by Crippen LogP contribution is 2.21. The van der Waals surface area contributed by atoms with Crippen molar-refractivity contribution in [3.05, 3.63) is 53.1 Å². The molecule has 0 unspecified atom stereocenters. The first-order chi connectivity index (χ1) is 20.7. The summed E-state index contributed by atoms with van der Waals surface area (Å²) < 4.78 is 0. The van der Waals surface area contributed by atoms with Gasteiger partial charge in [0.05, 0.1) is 48.4 Å². The average Bonchev–Trinajstić information content (AvgIpc) is 2.82. The molecule has 0 heterocycles. The lowest BCUT2D eigenvalue weighted by atomic mass is 10.2. The van der Waals surface area contributed by atoms with Crippen LogP contribution in [0.3, 0.4) is 0 Å². The van der Waals surface area contributed by atoms with Gasteiger partial charge in [0, 0.05) is 0 Å². The molecule has 0 radical (unpaired) electrons. The lowest BCUT2D eigenvalue weighted by molar-refractivity contribution is 1.49. The molecule has 0 aliphatic rings. The summed E-state index contributed by atoms with van der Waals surface area (Å²) in [5, 5.41) is 14.2. The predicted octanol–water partition coefficient (Wildman–Crippen LogP) is 7.09. The molecule has 0 aliphatic heterocycles. The quantitative estimate of drug-likeness (QED) is 0.124. The van der Waals surface area contributed by atoms with E-state index in [-0.39, 0.29) is 0 Å². The second kappa shape index (κ2) is 12.9. The Morgan fingerprint density at radius 3 is 0.660 bits per heavy atom. The summed E-state index contributed by atoms with van der Waals surface area (Å²) in [6.07, 6.45) is 0. The zero-order valence-corrected chi connectivity index (χ0v) is 42.1. The molecule has 0 atom stereocenters. The van der Waals surface area contributed by atoms with E-state index in [9.17, 15) is 11.1 Å². The predicted molar refractivity (Wildman–Crippen MR) is 242 cm³/mol. The van der Waals surface area contributed by atoms with Crippen LogP contribution in [0.25, 0.3) is 0 Å². The molecule has 0 saturated carbocycles. The maximum atomic E-state index is 9.18. The van der Waals surface area contributed by atoms with E-state index in [4.69, 9.17) is 0 Å². The summed E-state index contributed by atoms with van der Waals surface area (Å²) in [6, 6.07) is 15.8. The van der Waals surface area contributed by atoms with Gasteiger partial charge in [0.2, 0.25) is 7.38 Å². The van der Waals surface area contributed by atoms with Gasteiger partial charge in [-0.2, -0.15) is 0 Å². The van der Waals surface area contributed by atoms with E-state index in [0.29, 0.717) is 0 Å². The van der Waals surface area contributed by atoms with E-state index in [1.807, 2.05) is 0 Å². The summed E-state index contributed by atoms with van der Waals surface area (Å²) in [7, 11) is -13.6. The first-order valence-corrected chi connectivity index (χ1v) is 41.9. The van der Waals surface area contributed by atoms with Crippen LogP contribution in [0.5, 0.6) is 0 Å². The molecule has 0 aliphatic carbocycles. The maximum Gasteiger partial charge on any atom is 0.247 e. The molecule has 0 bridgehead atoms. The molecular weight excluding hydrogens is 700 g/mol. The number of halogens is 1. The molecule has 260 valence electrons. The molecular formula is C39H69ClSi7. The molecule has 0 nitrogen and oxygen atoms in total. The summed E-state index contributed by atoms with van der Waals surface area (Å²) >= 11 is 9.18. The Labute approximate surface area is 303 Å². The van der Waals surface area contributed by atoms with Crippen molar-refractivity contribution in [3.8, 4) is 0 Å². The van der Waals surface area contributed by atoms with E-state index in [0.717, 1.165) is 0 Å². The van der Waals surface area contributed by atoms with Crippen molar-refractivity contribution in [2.75, 3.05) is 0 Å². The molecule has 0 saturated heterocycles. The molecule has 47 heavy (non-hydrogen) atoms. The molecule has 8 heteroatoms. The highest BCUT2D eigenvalue weighted by atomic mass is 35.6. The minimum Gasteiger partial charge on any atom is -0.149 e. The molecule has 0 N–H and O–H groups in total. The van der Waals surface area contributed by atoms with Crippen LogP contribution in [0.15, 0.2) is 36.4 Å². The van der Waals surface area contributed by atoms with Gasteiger partial charge in [0.1, 0.15) is 0 Å². The van der Waals surface area contributed by atoms with E-state index < -0.39 is 55.8 Å². The van der Waals surface area contributed by atoms with Crippen LogP contribution in [0, 0.1) is 20.8 Å². The molecule has 0 fully saturated rings. The van der Waals surface area contributed by atoms with E-state index in [2.05, 4.69) is 175 Å². The smallest absolute Gasteiger partial charge is 0.149 e. The number of benzene rings is 3. The fraction of sp³-hybridized carbons (Fsp3) is 0.538. The topological polar surface area (TPSA) is 0 Å². The van der Waals surface area contributed by atoms with Crippen LogP contribution in [0.2, 0.25) is 118 Å². The van der Waals surface area contributed by atoms with Crippen molar-refractivity contribution < 1.29 is 0 Å². The van der Waals surface area contributed by atoms with Gasteiger partial charge in [0.25, 0.3) is 0 Å². The fourth-order valence-electron chi connectivity index (χ4n) is 7.90. The van der Waals surface area contributed by atoms with Crippen molar-refractivity contribution in [3.63, 3.8) is 0 Å². The normalized spacial score (nSPS) is 14.2. The van der Waals surface area contributed by atoms with Gasteiger partial charge in [-0.3, -0.25) is 0 Å². The summed E-state index contributed by atoms with van der Waals surface area (Å²) in [5.41, 5.74) is 4.45. The van der Waals surface area contributed by atoms with Crippen molar-refractivity contribution >= 4 is 114 Å². The first-order valence-electron chi connectivity index (χ1n) is 17.9. The van der Waals surface area contributed by atoms with Gasteiger partial charge < -0.3 is 0 Å². The van der Waals surface area contributed by atoms with Gasteiger partial charge in [-0.1, -0.05) is 202 Å². The average molecular weight is 770 g/mol. The minimum atomic E-state index is -3.12. The Morgan fingerprint density at radius 2 is 0.511 bits per heavy atom. The Hall–Kier alpha value is -0.532. The van der Waals surface area contributed by atoms with Crippen LogP contribution >= 0.6 is 11.1 Å². The SMILES string of the molecule is Cc1cc([Si](C)(C)C)cc([Si](Cl)(c2cc([Si](C)(C)C)cc(C)c2[Si](C)(C)C)c2cc([Si](C)(C)C)cc(C)c2[Si](C)(C)C)c1[Si](C)(C)C. The lowest BCUT2D eigenvalue weighted by Crippen LogP contribution is -2.79. The van der Waals surface area contributed by atoms with Crippen LogP contribution in [0.4, 0.5) is 0 Å². The largest absolute Gasteiger partial charge is 0.247 e. The van der Waals surface area contributed by atoms with Crippen LogP contribution in [-0.2, 0) is 0 Å². The standard InChI is InChI=1S/C39H69ClSi7/c1-28-22-31(41(4,5)6)25-34(37(28)44(13,14)15)47(40,35-26-32(42(7,8)9)23-29(2)38(35)45(16,17)18)36-27-33(43(10,11)12)24-30(3)39(36)46(19,20)21/h22-27H,1-21H3. The molecule has 3 aromatic carbocycles. The van der Waals surface area contributed by atoms with Crippen LogP contribution < -0.4 is 46.7 Å². The molecule has 0 spiro atoms. The van der Waals surface area contributed by atoms with Crippen molar-refractivity contribution in [1.29, 1.82) is 0 Å². The third-order valence-corrected chi connectivity index (χ3v) is 28.5. The van der Waals surface area contributed by atoms with Crippen LogP contribution in [0.1, 0.15) is 16.7 Å². The number of hydrogen-bond acceptors (Lipinski definition) is 0. The highest BCUT2D eigenvalue weighted by molar-refractivity contribution is 7.43. The van der Waals surface area contributed by atoms with Gasteiger partial charge in [-0.25, -0.2) is 0 Å². The summed E-state index contributed by atoms with van der Waals surface area (Å²) in [6.45, 7) is 53.0. The second-order valence-electron chi connectivity index (χ2n) is 20.8. The Kier molecular flexibility index (Phi) is 11.2. The van der Waals surface area contributed by atoms with E-state index in [1.54, 1.807) is 31.1 Å². The Balaban J connectivity index is 2.96. The highest BCUT2D eigenvalue weighted by Gasteiger charge is 2.49. The van der Waals surface area contributed by atoms with Crippen molar-refractivity contribution in [2.24, 2.45) is 0 Å². The molecule has 0 aromatic heterocycles. The molecule has 3 aromatic rings. The maximum absolute atomic E-state index is 9.18. The Bertz CT molecular complexity index is 1470. The monoisotopic (exact) mass is 768 g/mol. The number of aryl methyl sites for hydroxylation is 3. The number of rotatable bonds is 9. The first kappa shape index (κ1) is 40.9. The lowest BCUT2D eigenvalue weighted by Gasteiger charge is -2.41. The number of hydrogen-bond donors (Lipinski definition) is 0. The van der Waals surface area contributed by atoms with Crippen molar-refractivity contribution in [2.45, 2.75) is 139 Å². The van der Waals surface area contributed by atoms with E-state index in [1.165, 1.54) is 32.3 Å². The summed E-state index contributed by atoms with van der Waals surface area (Å²) in [4.78, 5) is 0. The zero-order chi connectivity index (χ0) is 36.7. The molecule has 0 amide bonds. The summed E-state index contributed by atoms with van der Waals surface area (Å²) in [5.74, 6) is 0. The van der Waals surface area contributed by atoms with Crippen LogP contribution in [-0.4, -0.2) is 55.8 Å². The second-order valence-corrected chi connectivity index (χ2v) is 55.7. The third kappa shape index (κ3) is 8.34.